The van der Waals surface area contributed by atoms with E-state index in [0.717, 1.165) is 60.9 Å². The van der Waals surface area contributed by atoms with E-state index in [1.165, 1.54) is 6.20 Å². The zero-order chi connectivity index (χ0) is 35.8. The summed E-state index contributed by atoms with van der Waals surface area (Å²) in [6, 6.07) is 7.59. The van der Waals surface area contributed by atoms with E-state index >= 15 is 0 Å². The van der Waals surface area contributed by atoms with Crippen molar-refractivity contribution in [3.63, 3.8) is 0 Å². The molecule has 1 atom stereocenters. The number of halogens is 2. The highest BCUT2D eigenvalue weighted by molar-refractivity contribution is 6.35. The van der Waals surface area contributed by atoms with E-state index in [4.69, 9.17) is 27.9 Å². The number of anilines is 1. The van der Waals surface area contributed by atoms with Crippen LogP contribution in [0, 0.1) is 27.7 Å². The summed E-state index contributed by atoms with van der Waals surface area (Å²) in [5, 5.41) is 16.6. The highest BCUT2D eigenvalue weighted by Crippen LogP contribution is 2.45. The van der Waals surface area contributed by atoms with Crippen LogP contribution < -0.4 is 9.64 Å². The van der Waals surface area contributed by atoms with Crippen molar-refractivity contribution in [2.75, 3.05) is 18.1 Å². The van der Waals surface area contributed by atoms with Gasteiger partial charge in [0.15, 0.2) is 11.3 Å². The molecule has 1 aliphatic heterocycles. The molecule has 0 saturated carbocycles. The number of carbonyl (C=O) groups is 2. The second-order valence-electron chi connectivity index (χ2n) is 13.1. The van der Waals surface area contributed by atoms with Crippen LogP contribution >= 0.6 is 23.2 Å². The van der Waals surface area contributed by atoms with Gasteiger partial charge in [-0.1, -0.05) is 29.3 Å². The van der Waals surface area contributed by atoms with E-state index in [-0.39, 0.29) is 17.6 Å². The number of aromatic carboxylic acids is 1. The Kier molecular flexibility index (Phi) is 8.39. The van der Waals surface area contributed by atoms with E-state index < -0.39 is 5.97 Å². The number of amides is 1. The molecule has 0 saturated heterocycles. The minimum atomic E-state index is -1.19. The van der Waals surface area contributed by atoms with Crippen LogP contribution in [0.15, 0.2) is 36.7 Å². The van der Waals surface area contributed by atoms with Gasteiger partial charge in [0.1, 0.15) is 17.0 Å². The number of fused-ring (bicyclic) bond motifs is 4. The summed E-state index contributed by atoms with van der Waals surface area (Å²) in [4.78, 5) is 37.2. The van der Waals surface area contributed by atoms with Crippen molar-refractivity contribution >= 4 is 62.8 Å². The molecule has 1 amide bonds. The number of carbonyl (C=O) groups excluding carboxylic acids is 1. The van der Waals surface area contributed by atoms with Crippen molar-refractivity contribution in [1.29, 1.82) is 0 Å². The minimum absolute atomic E-state index is 0.185. The fraction of sp³-hybridized carbons (Fsp3) is 0.324. The quantitative estimate of drug-likeness (QED) is 0.160. The third-order valence-electron chi connectivity index (χ3n) is 9.72. The number of aromatic nitrogens is 6. The Balaban J connectivity index is 1.38. The number of rotatable bonds is 8. The van der Waals surface area contributed by atoms with Gasteiger partial charge in [-0.25, -0.2) is 14.8 Å². The van der Waals surface area contributed by atoms with Gasteiger partial charge in [-0.3, -0.25) is 9.48 Å². The van der Waals surface area contributed by atoms with Gasteiger partial charge in [-0.15, -0.1) is 0 Å². The number of benzene rings is 2. The summed E-state index contributed by atoms with van der Waals surface area (Å²) < 4.78 is 11.9. The number of aryl methyl sites for hydroxylation is 6. The Morgan fingerprint density at radius 2 is 1.80 bits per heavy atom. The second kappa shape index (κ2) is 12.5. The van der Waals surface area contributed by atoms with Gasteiger partial charge in [0.2, 0.25) is 0 Å². The van der Waals surface area contributed by atoms with E-state index in [0.29, 0.717) is 53.6 Å². The van der Waals surface area contributed by atoms with Crippen LogP contribution in [-0.2, 0) is 20.5 Å². The monoisotopic (exact) mass is 713 g/mol. The van der Waals surface area contributed by atoms with Gasteiger partial charge in [-0.05, 0) is 82.3 Å². The number of hydrogen-bond donors (Lipinski definition) is 1. The normalized spacial score (nSPS) is 14.6. The summed E-state index contributed by atoms with van der Waals surface area (Å²) in [6.45, 7) is 10.7. The van der Waals surface area contributed by atoms with Crippen LogP contribution in [0.4, 0.5) is 5.69 Å². The van der Waals surface area contributed by atoms with Crippen LogP contribution in [0.25, 0.3) is 33.2 Å². The van der Waals surface area contributed by atoms with Crippen molar-refractivity contribution in [1.82, 2.24) is 28.9 Å². The van der Waals surface area contributed by atoms with Crippen molar-refractivity contribution in [3.8, 4) is 16.9 Å². The topological polar surface area (TPSA) is 120 Å². The van der Waals surface area contributed by atoms with E-state index in [1.54, 1.807) is 22.7 Å². The van der Waals surface area contributed by atoms with Crippen molar-refractivity contribution < 1.29 is 19.4 Å². The summed E-state index contributed by atoms with van der Waals surface area (Å²) >= 11 is 13.4. The average Bonchev–Trinajstić information content (AvgIpc) is 3.67. The van der Waals surface area contributed by atoms with E-state index in [9.17, 15) is 14.7 Å². The molecule has 7 rings (SSSR count). The van der Waals surface area contributed by atoms with Crippen LogP contribution in [-0.4, -0.2) is 59.0 Å². The highest BCUT2D eigenvalue weighted by Gasteiger charge is 2.38. The average molecular weight is 715 g/mol. The van der Waals surface area contributed by atoms with Gasteiger partial charge in [0.25, 0.3) is 5.91 Å². The first-order valence-electron chi connectivity index (χ1n) is 16.4. The first kappa shape index (κ1) is 33.6. The van der Waals surface area contributed by atoms with Gasteiger partial charge >= 0.3 is 5.97 Å². The summed E-state index contributed by atoms with van der Waals surface area (Å²) in [5.74, 6) is -0.652. The third-order valence-corrected chi connectivity index (χ3v) is 10.6. The molecule has 0 unspecified atom stereocenters. The minimum Gasteiger partial charge on any atom is -0.494 e. The SMILES string of the molecule is Cc1cc(OCCCc2c3n(c4c(-c5c(C)nn(C)c5C)c(Cl)ccc24)[C@H](C)CN(c2cn(C)c4ncc(C(=O)O)nc24)C3=O)cc(C)c1Cl. The largest absolute Gasteiger partial charge is 0.494 e. The molecule has 0 bridgehead atoms. The first-order chi connectivity index (χ1) is 23.8. The first-order valence-corrected chi connectivity index (χ1v) is 17.2. The fourth-order valence-electron chi connectivity index (χ4n) is 7.36. The maximum Gasteiger partial charge on any atom is 0.356 e. The molecule has 13 heteroatoms. The maximum absolute atomic E-state index is 14.9. The van der Waals surface area contributed by atoms with Gasteiger partial charge < -0.3 is 23.9 Å². The molecular weight excluding hydrogens is 677 g/mol. The molecule has 0 spiro atoms. The van der Waals surface area contributed by atoms with Crippen LogP contribution in [0.2, 0.25) is 10.0 Å². The lowest BCUT2D eigenvalue weighted by Crippen LogP contribution is -2.42. The molecule has 1 N–H and O–H groups in total. The third kappa shape index (κ3) is 5.30. The Labute approximate surface area is 299 Å². The molecule has 0 fully saturated rings. The summed E-state index contributed by atoms with van der Waals surface area (Å²) in [5.41, 5.74) is 8.99. The molecule has 0 radical (unpaired) electrons. The predicted molar refractivity (Wildman–Crippen MR) is 195 cm³/mol. The number of ether oxygens (including phenoxy) is 1. The number of hydrogen-bond acceptors (Lipinski definition) is 6. The molecule has 2 aromatic carbocycles. The molecule has 258 valence electrons. The number of carboxylic acid groups (broad SMARTS) is 1. The fourth-order valence-corrected chi connectivity index (χ4v) is 7.71. The van der Waals surface area contributed by atoms with Crippen LogP contribution in [0.3, 0.4) is 0 Å². The van der Waals surface area contributed by atoms with E-state index in [1.807, 2.05) is 63.7 Å². The molecule has 50 heavy (non-hydrogen) atoms. The summed E-state index contributed by atoms with van der Waals surface area (Å²) in [6.07, 6.45) is 4.21. The number of nitrogens with zero attached hydrogens (tertiary/aromatic N) is 7. The van der Waals surface area contributed by atoms with Gasteiger partial charge in [0.05, 0.1) is 34.7 Å². The smallest absolute Gasteiger partial charge is 0.356 e. The molecule has 6 aromatic rings. The van der Waals surface area contributed by atoms with Crippen LogP contribution in [0.5, 0.6) is 5.75 Å². The van der Waals surface area contributed by atoms with E-state index in [2.05, 4.69) is 26.6 Å². The number of carboxylic acids is 1. The van der Waals surface area contributed by atoms with Gasteiger partial charge in [-0.2, -0.15) is 5.10 Å². The van der Waals surface area contributed by atoms with Crippen molar-refractivity contribution in [2.24, 2.45) is 14.1 Å². The van der Waals surface area contributed by atoms with Crippen molar-refractivity contribution in [3.05, 3.63) is 86.2 Å². The zero-order valence-corrected chi connectivity index (χ0v) is 30.4. The zero-order valence-electron chi connectivity index (χ0n) is 28.9. The maximum atomic E-state index is 14.9. The standard InChI is InChI=1S/C37H37Cl2N7O4/c1-18-13-23(14-19(2)31(18)39)50-12-8-9-24-25-10-11-26(38)30(29-21(4)42-44(7)22(29)5)33(25)46-20(3)16-45(36(47)34(24)46)28-17-43(6)35-32(28)41-27(15-40-35)37(48)49/h10-11,13-15,17,20H,8-9,12,16H2,1-7H3,(H,48,49)/t20-/m1/s1. The molecule has 1 aliphatic rings. The molecule has 4 aromatic heterocycles. The Morgan fingerprint density at radius 3 is 2.46 bits per heavy atom. The molecule has 5 heterocycles. The Morgan fingerprint density at radius 1 is 1.08 bits per heavy atom. The lowest BCUT2D eigenvalue weighted by Gasteiger charge is -2.33. The molecule has 11 nitrogen and oxygen atoms in total. The highest BCUT2D eigenvalue weighted by atomic mass is 35.5. The van der Waals surface area contributed by atoms with Gasteiger partial charge in [0, 0.05) is 60.1 Å². The Hall–Kier alpha value is -4.87. The second-order valence-corrected chi connectivity index (χ2v) is 13.9. The van der Waals surface area contributed by atoms with Crippen LogP contribution in [0.1, 0.15) is 68.4 Å². The lowest BCUT2D eigenvalue weighted by molar-refractivity contribution is 0.0690. The Bertz CT molecular complexity index is 2370. The molecular formula is C37H37Cl2N7O4. The summed E-state index contributed by atoms with van der Waals surface area (Å²) in [7, 11) is 3.72. The van der Waals surface area contributed by atoms with Crippen molar-refractivity contribution in [2.45, 2.75) is 53.5 Å². The lowest BCUT2D eigenvalue weighted by atomic mass is 9.98. The predicted octanol–water partition coefficient (Wildman–Crippen LogP) is 7.80. The molecule has 0 aliphatic carbocycles.